The summed E-state index contributed by atoms with van der Waals surface area (Å²) in [4.78, 5) is 38.2. The van der Waals surface area contributed by atoms with E-state index in [0.717, 1.165) is 89.9 Å². The van der Waals surface area contributed by atoms with Crippen molar-refractivity contribution in [3.63, 3.8) is 0 Å². The fraction of sp³-hybridized carbons (Fsp3) is 0.812. The van der Waals surface area contributed by atoms with Crippen molar-refractivity contribution in [1.82, 2.24) is 0 Å². The zero-order valence-corrected chi connectivity index (χ0v) is 50.1. The molecule has 0 N–H and O–H groups in total. The number of ether oxygens (including phenoxy) is 3. The lowest BCUT2D eigenvalue weighted by Crippen LogP contribution is -2.30. The Labute approximate surface area is 466 Å². The second kappa shape index (κ2) is 63.6. The summed E-state index contributed by atoms with van der Waals surface area (Å²) in [5.74, 6) is -0.862. The molecule has 0 aliphatic rings. The molecule has 0 rings (SSSR count). The first-order valence-corrected chi connectivity index (χ1v) is 32.8. The molecule has 0 aromatic carbocycles. The molecule has 75 heavy (non-hydrogen) atoms. The third-order valence-electron chi connectivity index (χ3n) is 14.5. The van der Waals surface area contributed by atoms with Gasteiger partial charge >= 0.3 is 17.9 Å². The molecule has 0 bridgehead atoms. The smallest absolute Gasteiger partial charge is 0.306 e. The van der Waals surface area contributed by atoms with Crippen LogP contribution in [0.1, 0.15) is 342 Å². The molecule has 0 spiro atoms. The molecule has 0 aromatic heterocycles. The number of allylic oxidation sites excluding steroid dienone is 10. The van der Waals surface area contributed by atoms with Gasteiger partial charge in [-0.25, -0.2) is 0 Å². The van der Waals surface area contributed by atoms with E-state index < -0.39 is 6.10 Å². The van der Waals surface area contributed by atoms with Gasteiger partial charge < -0.3 is 14.2 Å². The first-order valence-electron chi connectivity index (χ1n) is 32.8. The van der Waals surface area contributed by atoms with Gasteiger partial charge in [0.1, 0.15) is 13.2 Å². The summed E-state index contributed by atoms with van der Waals surface area (Å²) in [6.07, 6.45) is 81.1. The van der Waals surface area contributed by atoms with Gasteiger partial charge in [-0.15, -0.1) is 0 Å². The fourth-order valence-electron chi connectivity index (χ4n) is 9.61. The third-order valence-corrected chi connectivity index (χ3v) is 14.5. The summed E-state index contributed by atoms with van der Waals surface area (Å²) < 4.78 is 16.9. The van der Waals surface area contributed by atoms with E-state index in [1.54, 1.807) is 0 Å². The van der Waals surface area contributed by atoms with Crippen LogP contribution in [-0.4, -0.2) is 37.2 Å². The summed E-state index contributed by atoms with van der Waals surface area (Å²) in [5, 5.41) is 0. The maximum atomic E-state index is 12.8. The lowest BCUT2D eigenvalue weighted by atomic mass is 10.0. The van der Waals surface area contributed by atoms with Crippen molar-refractivity contribution in [2.24, 2.45) is 0 Å². The van der Waals surface area contributed by atoms with Crippen LogP contribution in [0.15, 0.2) is 60.8 Å². The fourth-order valence-corrected chi connectivity index (χ4v) is 9.61. The van der Waals surface area contributed by atoms with Crippen LogP contribution in [0.2, 0.25) is 0 Å². The molecular weight excluding hydrogens is 925 g/mol. The van der Waals surface area contributed by atoms with E-state index in [-0.39, 0.29) is 31.1 Å². The Bertz CT molecular complexity index is 1340. The van der Waals surface area contributed by atoms with Gasteiger partial charge in [-0.2, -0.15) is 0 Å². The maximum Gasteiger partial charge on any atom is 0.306 e. The van der Waals surface area contributed by atoms with E-state index in [1.807, 2.05) is 0 Å². The highest BCUT2D eigenvalue weighted by Crippen LogP contribution is 2.18. The Morgan fingerprint density at radius 2 is 0.520 bits per heavy atom. The second-order valence-electron chi connectivity index (χ2n) is 22.0. The number of unbranched alkanes of at least 4 members (excludes halogenated alkanes) is 39. The summed E-state index contributed by atoms with van der Waals surface area (Å²) >= 11 is 0. The Balaban J connectivity index is 4.04. The quantitative estimate of drug-likeness (QED) is 0.0261. The Morgan fingerprint density at radius 3 is 0.853 bits per heavy atom. The lowest BCUT2D eigenvalue weighted by molar-refractivity contribution is -0.167. The first kappa shape index (κ1) is 72.1. The zero-order chi connectivity index (χ0) is 54.3. The standard InChI is InChI=1S/C69H124O6/c1-4-7-10-13-16-19-22-25-26-27-28-29-30-31-32-33-34-35-36-37-38-39-40-41-42-43-44-45-48-50-53-56-59-62-68(71)74-65-66(75-69(72)63-60-57-54-51-47-24-21-18-15-12-9-6-3)64-73-67(70)61-58-55-52-49-46-23-20-17-14-11-8-5-2/h7,10,16,18-19,21,25-26,28-29,66H,4-6,8-9,11-15,17,20,22-24,27,30-65H2,1-3H3/b10-7-,19-16-,21-18-,26-25-,29-28-. The van der Waals surface area contributed by atoms with E-state index in [1.165, 1.54) is 212 Å². The van der Waals surface area contributed by atoms with E-state index >= 15 is 0 Å². The normalized spacial score (nSPS) is 12.4. The van der Waals surface area contributed by atoms with Gasteiger partial charge in [0.05, 0.1) is 0 Å². The summed E-state index contributed by atoms with van der Waals surface area (Å²) in [5.41, 5.74) is 0. The largest absolute Gasteiger partial charge is 0.462 e. The number of hydrogen-bond acceptors (Lipinski definition) is 6. The predicted molar refractivity (Wildman–Crippen MR) is 325 cm³/mol. The van der Waals surface area contributed by atoms with E-state index in [2.05, 4.69) is 81.5 Å². The van der Waals surface area contributed by atoms with E-state index in [4.69, 9.17) is 14.2 Å². The third kappa shape index (κ3) is 61.8. The minimum atomic E-state index is -0.773. The molecule has 0 radical (unpaired) electrons. The predicted octanol–water partition coefficient (Wildman–Crippen LogP) is 22.3. The van der Waals surface area contributed by atoms with Crippen LogP contribution in [-0.2, 0) is 28.6 Å². The van der Waals surface area contributed by atoms with Crippen LogP contribution >= 0.6 is 0 Å². The topological polar surface area (TPSA) is 78.9 Å². The van der Waals surface area contributed by atoms with Crippen molar-refractivity contribution in [1.29, 1.82) is 0 Å². The van der Waals surface area contributed by atoms with E-state index in [0.29, 0.717) is 19.3 Å². The molecule has 0 fully saturated rings. The number of carbonyl (C=O) groups is 3. The molecule has 0 aromatic rings. The van der Waals surface area contributed by atoms with Crippen molar-refractivity contribution < 1.29 is 28.6 Å². The summed E-state index contributed by atoms with van der Waals surface area (Å²) in [7, 11) is 0. The average molecular weight is 1050 g/mol. The SMILES string of the molecule is CC/C=C\C/C=C\C/C=C\C/C=C\CCCCCCCCCCCCCCCCCCCCCCC(=O)OCC(COC(=O)CCCCCCCCCCCCCC)OC(=O)CCCCCCC/C=C\CCCCC. The number of esters is 3. The number of hydrogen-bond donors (Lipinski definition) is 0. The van der Waals surface area contributed by atoms with Crippen LogP contribution in [0.25, 0.3) is 0 Å². The molecule has 1 unspecified atom stereocenters. The van der Waals surface area contributed by atoms with Crippen LogP contribution in [0.5, 0.6) is 0 Å². The van der Waals surface area contributed by atoms with Crippen molar-refractivity contribution >= 4 is 17.9 Å². The van der Waals surface area contributed by atoms with Crippen LogP contribution in [0.4, 0.5) is 0 Å². The van der Waals surface area contributed by atoms with Crippen molar-refractivity contribution in [3.8, 4) is 0 Å². The molecule has 436 valence electrons. The highest BCUT2D eigenvalue weighted by molar-refractivity contribution is 5.71. The molecule has 0 amide bonds. The lowest BCUT2D eigenvalue weighted by Gasteiger charge is -2.18. The van der Waals surface area contributed by atoms with Gasteiger partial charge in [0.25, 0.3) is 0 Å². The van der Waals surface area contributed by atoms with Crippen molar-refractivity contribution in [3.05, 3.63) is 60.8 Å². The molecule has 6 heteroatoms. The van der Waals surface area contributed by atoms with Gasteiger partial charge in [-0.05, 0) is 83.5 Å². The molecule has 0 heterocycles. The minimum Gasteiger partial charge on any atom is -0.462 e. The summed E-state index contributed by atoms with van der Waals surface area (Å²) in [6.45, 7) is 6.53. The molecule has 0 saturated heterocycles. The first-order chi connectivity index (χ1) is 37.0. The molecule has 0 aliphatic carbocycles. The average Bonchev–Trinajstić information content (AvgIpc) is 3.41. The highest BCUT2D eigenvalue weighted by atomic mass is 16.6. The number of carbonyl (C=O) groups excluding carboxylic acids is 3. The van der Waals surface area contributed by atoms with Crippen molar-refractivity contribution in [2.75, 3.05) is 13.2 Å². The Kier molecular flexibility index (Phi) is 61.2. The van der Waals surface area contributed by atoms with Gasteiger partial charge in [0, 0.05) is 19.3 Å². The Hall–Kier alpha value is -2.89. The Morgan fingerprint density at radius 1 is 0.280 bits per heavy atom. The summed E-state index contributed by atoms with van der Waals surface area (Å²) in [6, 6.07) is 0. The molecule has 1 atom stereocenters. The van der Waals surface area contributed by atoms with Crippen molar-refractivity contribution in [2.45, 2.75) is 348 Å². The highest BCUT2D eigenvalue weighted by Gasteiger charge is 2.19. The van der Waals surface area contributed by atoms with Crippen LogP contribution in [0.3, 0.4) is 0 Å². The monoisotopic (exact) mass is 1050 g/mol. The van der Waals surface area contributed by atoms with Crippen LogP contribution < -0.4 is 0 Å². The van der Waals surface area contributed by atoms with Gasteiger partial charge in [-0.3, -0.25) is 14.4 Å². The van der Waals surface area contributed by atoms with Crippen LogP contribution in [0, 0.1) is 0 Å². The second-order valence-corrected chi connectivity index (χ2v) is 22.0. The molecule has 6 nitrogen and oxygen atoms in total. The minimum absolute atomic E-state index is 0.0715. The molecule has 0 aliphatic heterocycles. The van der Waals surface area contributed by atoms with E-state index in [9.17, 15) is 14.4 Å². The number of rotatable bonds is 60. The zero-order valence-electron chi connectivity index (χ0n) is 50.1. The molecule has 0 saturated carbocycles. The van der Waals surface area contributed by atoms with Gasteiger partial charge in [-0.1, -0.05) is 300 Å². The van der Waals surface area contributed by atoms with Gasteiger partial charge in [0.15, 0.2) is 6.10 Å². The maximum absolute atomic E-state index is 12.8. The molecular formula is C69H124O6. The van der Waals surface area contributed by atoms with Gasteiger partial charge in [0.2, 0.25) is 0 Å².